The van der Waals surface area contributed by atoms with E-state index in [0.29, 0.717) is 16.7 Å². The van der Waals surface area contributed by atoms with Crippen LogP contribution < -0.4 is 0 Å². The Labute approximate surface area is 177 Å². The Hall–Kier alpha value is -4.00. The molecule has 0 saturated carbocycles. The van der Waals surface area contributed by atoms with Gasteiger partial charge in [-0.2, -0.15) is 0 Å². The maximum absolute atomic E-state index is 14.1. The molecule has 2 N–H and O–H groups in total. The van der Waals surface area contributed by atoms with Crippen LogP contribution in [-0.2, 0) is 16.1 Å². The average molecular weight is 418 g/mol. The second-order valence-electron chi connectivity index (χ2n) is 7.35. The number of ketones is 1. The summed E-state index contributed by atoms with van der Waals surface area (Å²) in [6.45, 7) is 1.65. The van der Waals surface area contributed by atoms with E-state index >= 15 is 0 Å². The fraction of sp³-hybridized carbons (Fsp3) is 0.125. The molecule has 1 unspecified atom stereocenters. The molecule has 156 valence electrons. The van der Waals surface area contributed by atoms with Crippen LogP contribution in [0.4, 0.5) is 4.39 Å². The highest BCUT2D eigenvalue weighted by Crippen LogP contribution is 2.41. The summed E-state index contributed by atoms with van der Waals surface area (Å²) in [6.07, 6.45) is 3.17. The summed E-state index contributed by atoms with van der Waals surface area (Å²) < 4.78 is 14.1. The van der Waals surface area contributed by atoms with Crippen molar-refractivity contribution in [1.82, 2.24) is 9.88 Å². The molecule has 6 nitrogen and oxygen atoms in total. The van der Waals surface area contributed by atoms with Crippen LogP contribution in [-0.4, -0.2) is 31.8 Å². The van der Waals surface area contributed by atoms with E-state index in [1.54, 1.807) is 43.6 Å². The molecular formula is C24H19FN2O4. The van der Waals surface area contributed by atoms with Crippen LogP contribution >= 0.6 is 0 Å². The largest absolute Gasteiger partial charge is 0.508 e. The average Bonchev–Trinajstić information content (AvgIpc) is 3.01. The number of amides is 1. The number of pyridine rings is 1. The van der Waals surface area contributed by atoms with Crippen LogP contribution in [0.15, 0.2) is 72.6 Å². The van der Waals surface area contributed by atoms with Crippen molar-refractivity contribution in [2.24, 2.45) is 0 Å². The first-order valence-corrected chi connectivity index (χ1v) is 9.59. The number of aliphatic hydroxyl groups is 1. The molecule has 4 rings (SSSR count). The minimum Gasteiger partial charge on any atom is -0.508 e. The van der Waals surface area contributed by atoms with Gasteiger partial charge in [0.2, 0.25) is 0 Å². The first-order chi connectivity index (χ1) is 14.9. The highest BCUT2D eigenvalue weighted by atomic mass is 19.1. The smallest absolute Gasteiger partial charge is 0.295 e. The number of likely N-dealkylation sites (tertiary alicyclic amines) is 1. The standard InChI is InChI=1S/C24H19FN2O4/c1-14-7-8-17(11-19(14)25)22(29)20-21(16-5-2-6-18(28)10-16)27(24(31)23(20)30)13-15-4-3-9-26-12-15/h2-12,21,28-29H,13H2,1H3. The third-order valence-corrected chi connectivity index (χ3v) is 5.25. The maximum atomic E-state index is 14.1. The van der Waals surface area contributed by atoms with Crippen LogP contribution in [0.1, 0.15) is 28.3 Å². The Balaban J connectivity index is 1.88. The number of carbonyl (C=O) groups excluding carboxylic acids is 2. The lowest BCUT2D eigenvalue weighted by molar-refractivity contribution is -0.140. The van der Waals surface area contributed by atoms with Crippen LogP contribution in [0.2, 0.25) is 0 Å². The van der Waals surface area contributed by atoms with Gasteiger partial charge in [0.1, 0.15) is 17.3 Å². The van der Waals surface area contributed by atoms with Gasteiger partial charge in [0.25, 0.3) is 11.7 Å². The normalized spacial score (nSPS) is 17.9. The van der Waals surface area contributed by atoms with Crippen molar-refractivity contribution < 1.29 is 24.2 Å². The zero-order chi connectivity index (χ0) is 22.1. The number of nitrogens with zero attached hydrogens (tertiary/aromatic N) is 2. The number of phenolic OH excluding ortho intramolecular Hbond substituents is 1. The van der Waals surface area contributed by atoms with E-state index in [1.807, 2.05) is 0 Å². The lowest BCUT2D eigenvalue weighted by atomic mass is 9.94. The van der Waals surface area contributed by atoms with Crippen LogP contribution in [0.5, 0.6) is 5.75 Å². The molecule has 1 amide bonds. The number of rotatable bonds is 4. The van der Waals surface area contributed by atoms with Crippen molar-refractivity contribution in [3.8, 4) is 5.75 Å². The lowest BCUT2D eigenvalue weighted by Gasteiger charge is -2.25. The number of phenols is 1. The molecule has 1 fully saturated rings. The Morgan fingerprint density at radius 2 is 1.94 bits per heavy atom. The molecule has 1 saturated heterocycles. The van der Waals surface area contributed by atoms with Crippen LogP contribution in [0.3, 0.4) is 0 Å². The second-order valence-corrected chi connectivity index (χ2v) is 7.35. The van der Waals surface area contributed by atoms with E-state index in [9.17, 15) is 24.2 Å². The van der Waals surface area contributed by atoms with Gasteiger partial charge in [-0.05, 0) is 47.9 Å². The Morgan fingerprint density at radius 1 is 1.13 bits per heavy atom. The number of Topliss-reactive ketones (excluding diaryl/α,β-unsaturated/α-hetero) is 1. The van der Waals surface area contributed by atoms with E-state index in [-0.39, 0.29) is 23.4 Å². The third-order valence-electron chi connectivity index (χ3n) is 5.25. The van der Waals surface area contributed by atoms with E-state index in [1.165, 1.54) is 29.2 Å². The molecule has 1 aliphatic heterocycles. The minimum atomic E-state index is -0.961. The second kappa shape index (κ2) is 8.02. The number of hydrogen-bond acceptors (Lipinski definition) is 5. The van der Waals surface area contributed by atoms with Gasteiger partial charge in [-0.15, -0.1) is 0 Å². The molecule has 2 heterocycles. The quantitative estimate of drug-likeness (QED) is 0.382. The molecule has 0 spiro atoms. The molecule has 0 radical (unpaired) electrons. The molecule has 1 aromatic heterocycles. The number of aliphatic hydroxyl groups excluding tert-OH is 1. The van der Waals surface area contributed by atoms with Gasteiger partial charge in [-0.3, -0.25) is 14.6 Å². The van der Waals surface area contributed by atoms with Gasteiger partial charge in [-0.25, -0.2) is 4.39 Å². The van der Waals surface area contributed by atoms with Crippen molar-refractivity contribution in [2.45, 2.75) is 19.5 Å². The van der Waals surface area contributed by atoms with Gasteiger partial charge in [-0.1, -0.05) is 30.3 Å². The summed E-state index contributed by atoms with van der Waals surface area (Å²) in [5.41, 5.74) is 1.45. The Bertz CT molecular complexity index is 1210. The van der Waals surface area contributed by atoms with Gasteiger partial charge < -0.3 is 15.1 Å². The van der Waals surface area contributed by atoms with Gasteiger partial charge in [0.05, 0.1) is 11.6 Å². The minimum absolute atomic E-state index is 0.0501. The number of aryl methyl sites for hydroxylation is 1. The molecule has 7 heteroatoms. The van der Waals surface area contributed by atoms with E-state index in [2.05, 4.69) is 4.98 Å². The van der Waals surface area contributed by atoms with Gasteiger partial charge in [0, 0.05) is 24.5 Å². The van der Waals surface area contributed by atoms with Gasteiger partial charge in [0.15, 0.2) is 0 Å². The van der Waals surface area contributed by atoms with Crippen LogP contribution in [0.25, 0.3) is 5.76 Å². The molecule has 3 aromatic rings. The summed E-state index contributed by atoms with van der Waals surface area (Å²) in [6, 6.07) is 12.7. The van der Waals surface area contributed by atoms with E-state index < -0.39 is 29.3 Å². The molecule has 2 aromatic carbocycles. The van der Waals surface area contributed by atoms with Crippen molar-refractivity contribution in [1.29, 1.82) is 0 Å². The fourth-order valence-corrected chi connectivity index (χ4v) is 3.67. The Kier molecular flexibility index (Phi) is 5.25. The lowest BCUT2D eigenvalue weighted by Crippen LogP contribution is -2.29. The zero-order valence-corrected chi connectivity index (χ0v) is 16.6. The first-order valence-electron chi connectivity index (χ1n) is 9.59. The summed E-state index contributed by atoms with van der Waals surface area (Å²) in [7, 11) is 0. The summed E-state index contributed by atoms with van der Waals surface area (Å²) in [5.74, 6) is -2.74. The number of aromatic hydroxyl groups is 1. The number of hydrogen-bond donors (Lipinski definition) is 2. The molecule has 31 heavy (non-hydrogen) atoms. The third kappa shape index (κ3) is 3.77. The number of benzene rings is 2. The summed E-state index contributed by atoms with van der Waals surface area (Å²) in [4.78, 5) is 31.2. The van der Waals surface area contributed by atoms with Crippen molar-refractivity contribution in [3.63, 3.8) is 0 Å². The van der Waals surface area contributed by atoms with E-state index in [4.69, 9.17) is 0 Å². The van der Waals surface area contributed by atoms with Crippen molar-refractivity contribution >= 4 is 17.4 Å². The SMILES string of the molecule is Cc1ccc(C(O)=C2C(=O)C(=O)N(Cc3cccnc3)C2c2cccc(O)c2)cc1F. The fourth-order valence-electron chi connectivity index (χ4n) is 3.67. The number of carbonyl (C=O) groups is 2. The predicted molar refractivity (Wildman–Crippen MR) is 111 cm³/mol. The summed E-state index contributed by atoms with van der Waals surface area (Å²) >= 11 is 0. The van der Waals surface area contributed by atoms with Crippen LogP contribution in [0, 0.1) is 12.7 Å². The first kappa shape index (κ1) is 20.3. The molecule has 1 atom stereocenters. The topological polar surface area (TPSA) is 90.7 Å². The molecule has 1 aliphatic rings. The monoisotopic (exact) mass is 418 g/mol. The highest BCUT2D eigenvalue weighted by molar-refractivity contribution is 6.46. The van der Waals surface area contributed by atoms with Crippen molar-refractivity contribution in [2.75, 3.05) is 0 Å². The zero-order valence-electron chi connectivity index (χ0n) is 16.6. The van der Waals surface area contributed by atoms with E-state index in [0.717, 1.165) is 6.07 Å². The maximum Gasteiger partial charge on any atom is 0.295 e. The highest BCUT2D eigenvalue weighted by Gasteiger charge is 2.46. The molecule has 0 aliphatic carbocycles. The molecule has 0 bridgehead atoms. The summed E-state index contributed by atoms with van der Waals surface area (Å²) in [5, 5.41) is 20.9. The number of halogens is 1. The Morgan fingerprint density at radius 3 is 2.61 bits per heavy atom. The van der Waals surface area contributed by atoms with Gasteiger partial charge >= 0.3 is 0 Å². The molecular weight excluding hydrogens is 399 g/mol. The van der Waals surface area contributed by atoms with Crippen molar-refractivity contribution in [3.05, 3.63) is 101 Å². The number of aromatic nitrogens is 1. The predicted octanol–water partition coefficient (Wildman–Crippen LogP) is 3.86.